The molecular formula is C17H25NO2. The van der Waals surface area contributed by atoms with Gasteiger partial charge in [0, 0.05) is 31.4 Å². The molecule has 1 fully saturated rings. The van der Waals surface area contributed by atoms with E-state index in [4.69, 9.17) is 10.5 Å². The molecule has 3 N–H and O–H groups in total. The summed E-state index contributed by atoms with van der Waals surface area (Å²) in [5.41, 5.74) is 8.07. The first-order valence-electron chi connectivity index (χ1n) is 7.73. The fourth-order valence-electron chi connectivity index (χ4n) is 4.04. The molecule has 0 bridgehead atoms. The second kappa shape index (κ2) is 5.14. The van der Waals surface area contributed by atoms with Gasteiger partial charge in [-0.3, -0.25) is 0 Å². The number of hydrogen-bond donors (Lipinski definition) is 2. The van der Waals surface area contributed by atoms with E-state index in [2.05, 4.69) is 24.3 Å². The first-order chi connectivity index (χ1) is 9.62. The average Bonchev–Trinajstić information content (AvgIpc) is 2.45. The number of fused-ring (bicyclic) bond motifs is 1. The smallest absolute Gasteiger partial charge is 0.0768 e. The number of rotatable bonds is 4. The van der Waals surface area contributed by atoms with Crippen molar-refractivity contribution in [1.82, 2.24) is 0 Å². The lowest BCUT2D eigenvalue weighted by atomic mass is 9.54. The van der Waals surface area contributed by atoms with Crippen LogP contribution in [0.15, 0.2) is 24.3 Å². The van der Waals surface area contributed by atoms with Gasteiger partial charge in [-0.1, -0.05) is 24.3 Å². The second-order valence-corrected chi connectivity index (χ2v) is 6.45. The van der Waals surface area contributed by atoms with E-state index in [1.807, 2.05) is 6.92 Å². The van der Waals surface area contributed by atoms with Gasteiger partial charge in [0.15, 0.2) is 0 Å². The fraction of sp³-hybridized carbons (Fsp3) is 0.647. The number of nitrogens with two attached hydrogens (primary N) is 1. The maximum atomic E-state index is 11.0. The third kappa shape index (κ3) is 2.09. The molecule has 3 nitrogen and oxygen atoms in total. The minimum atomic E-state index is -0.644. The third-order valence-electron chi connectivity index (χ3n) is 5.43. The lowest BCUT2D eigenvalue weighted by molar-refractivity contribution is -0.203. The Morgan fingerprint density at radius 3 is 2.65 bits per heavy atom. The van der Waals surface area contributed by atoms with Crippen LogP contribution < -0.4 is 5.73 Å². The van der Waals surface area contributed by atoms with Crippen molar-refractivity contribution in [1.29, 1.82) is 0 Å². The summed E-state index contributed by atoms with van der Waals surface area (Å²) in [5, 5.41) is 11.0. The maximum absolute atomic E-state index is 11.0. The zero-order chi connectivity index (χ0) is 14.2. The Labute approximate surface area is 121 Å². The van der Waals surface area contributed by atoms with Gasteiger partial charge in [0.05, 0.1) is 11.7 Å². The van der Waals surface area contributed by atoms with Crippen LogP contribution in [0.5, 0.6) is 0 Å². The number of aryl methyl sites for hydroxylation is 1. The van der Waals surface area contributed by atoms with Crippen molar-refractivity contribution in [3.05, 3.63) is 35.4 Å². The summed E-state index contributed by atoms with van der Waals surface area (Å²) in [4.78, 5) is 0. The third-order valence-corrected chi connectivity index (χ3v) is 5.43. The fourth-order valence-corrected chi connectivity index (χ4v) is 4.04. The summed E-state index contributed by atoms with van der Waals surface area (Å²) in [7, 11) is 0. The molecule has 110 valence electrons. The van der Waals surface area contributed by atoms with Gasteiger partial charge in [-0.15, -0.1) is 0 Å². The SMILES string of the molecule is CCOC1CC(O)(C2(CN)CCc3ccccc3C2)C1. The summed E-state index contributed by atoms with van der Waals surface area (Å²) in [6.07, 6.45) is 4.59. The average molecular weight is 275 g/mol. The van der Waals surface area contributed by atoms with Crippen LogP contribution in [0.25, 0.3) is 0 Å². The summed E-state index contributed by atoms with van der Waals surface area (Å²) >= 11 is 0. The largest absolute Gasteiger partial charge is 0.389 e. The molecule has 1 unspecified atom stereocenters. The first kappa shape index (κ1) is 14.1. The Balaban J connectivity index is 1.80. The molecule has 1 saturated carbocycles. The van der Waals surface area contributed by atoms with Crippen LogP contribution >= 0.6 is 0 Å². The number of benzene rings is 1. The van der Waals surface area contributed by atoms with Crippen LogP contribution in [0.3, 0.4) is 0 Å². The maximum Gasteiger partial charge on any atom is 0.0768 e. The van der Waals surface area contributed by atoms with Gasteiger partial charge in [-0.05, 0) is 37.3 Å². The minimum Gasteiger partial charge on any atom is -0.389 e. The Hall–Kier alpha value is -0.900. The van der Waals surface area contributed by atoms with E-state index in [0.29, 0.717) is 6.54 Å². The van der Waals surface area contributed by atoms with Crippen LogP contribution in [-0.4, -0.2) is 30.0 Å². The molecular weight excluding hydrogens is 250 g/mol. The Morgan fingerprint density at radius 1 is 1.30 bits per heavy atom. The Morgan fingerprint density at radius 2 is 2.00 bits per heavy atom. The number of ether oxygens (including phenoxy) is 1. The van der Waals surface area contributed by atoms with Crippen molar-refractivity contribution in [2.75, 3.05) is 13.2 Å². The predicted octanol–water partition coefficient (Wildman–Crippen LogP) is 2.05. The highest BCUT2D eigenvalue weighted by molar-refractivity contribution is 5.33. The molecule has 0 radical (unpaired) electrons. The summed E-state index contributed by atoms with van der Waals surface area (Å²) in [5.74, 6) is 0. The quantitative estimate of drug-likeness (QED) is 0.884. The lowest BCUT2D eigenvalue weighted by Crippen LogP contribution is -2.63. The topological polar surface area (TPSA) is 55.5 Å². The van der Waals surface area contributed by atoms with Gasteiger partial charge in [-0.25, -0.2) is 0 Å². The van der Waals surface area contributed by atoms with Crippen LogP contribution in [0, 0.1) is 5.41 Å². The molecule has 1 aromatic carbocycles. The summed E-state index contributed by atoms with van der Waals surface area (Å²) < 4.78 is 5.62. The van der Waals surface area contributed by atoms with E-state index >= 15 is 0 Å². The molecule has 0 heterocycles. The molecule has 1 aromatic rings. The Kier molecular flexibility index (Phi) is 3.61. The molecule has 0 saturated heterocycles. The van der Waals surface area contributed by atoms with Gasteiger partial charge < -0.3 is 15.6 Å². The van der Waals surface area contributed by atoms with Crippen LogP contribution in [0.2, 0.25) is 0 Å². The molecule has 0 spiro atoms. The van der Waals surface area contributed by atoms with Crippen molar-refractivity contribution >= 4 is 0 Å². The molecule has 2 aliphatic carbocycles. The van der Waals surface area contributed by atoms with Crippen molar-refractivity contribution < 1.29 is 9.84 Å². The van der Waals surface area contributed by atoms with E-state index < -0.39 is 5.60 Å². The Bertz CT molecular complexity index is 482. The molecule has 2 aliphatic rings. The van der Waals surface area contributed by atoms with E-state index in [-0.39, 0.29) is 11.5 Å². The zero-order valence-corrected chi connectivity index (χ0v) is 12.3. The molecule has 20 heavy (non-hydrogen) atoms. The molecule has 0 amide bonds. The first-order valence-corrected chi connectivity index (χ1v) is 7.73. The molecule has 3 rings (SSSR count). The zero-order valence-electron chi connectivity index (χ0n) is 12.3. The highest BCUT2D eigenvalue weighted by atomic mass is 16.5. The molecule has 3 heteroatoms. The van der Waals surface area contributed by atoms with Gasteiger partial charge in [0.25, 0.3) is 0 Å². The minimum absolute atomic E-state index is 0.172. The van der Waals surface area contributed by atoms with Crippen LogP contribution in [0.4, 0.5) is 0 Å². The lowest BCUT2D eigenvalue weighted by Gasteiger charge is -2.57. The second-order valence-electron chi connectivity index (χ2n) is 6.45. The van der Waals surface area contributed by atoms with Crippen molar-refractivity contribution in [2.45, 2.75) is 50.7 Å². The van der Waals surface area contributed by atoms with Crippen molar-refractivity contribution in [3.63, 3.8) is 0 Å². The monoisotopic (exact) mass is 275 g/mol. The van der Waals surface area contributed by atoms with Crippen molar-refractivity contribution in [2.24, 2.45) is 11.1 Å². The number of aliphatic hydroxyl groups is 1. The number of hydrogen-bond acceptors (Lipinski definition) is 3. The van der Waals surface area contributed by atoms with Gasteiger partial charge in [-0.2, -0.15) is 0 Å². The van der Waals surface area contributed by atoms with E-state index in [1.165, 1.54) is 11.1 Å². The van der Waals surface area contributed by atoms with E-state index in [0.717, 1.165) is 38.7 Å². The summed E-state index contributed by atoms with van der Waals surface area (Å²) in [6.45, 7) is 3.28. The normalized spacial score (nSPS) is 36.2. The highest BCUT2D eigenvalue weighted by Crippen LogP contribution is 2.52. The molecule has 1 atom stereocenters. The predicted molar refractivity (Wildman–Crippen MR) is 79.6 cm³/mol. The van der Waals surface area contributed by atoms with Gasteiger partial charge in [0.1, 0.15) is 0 Å². The standard InChI is InChI=1S/C17H25NO2/c1-2-20-15-10-17(19,11-15)16(12-18)8-7-13-5-3-4-6-14(13)9-16/h3-6,15,19H,2,7-12,18H2,1H3. The van der Waals surface area contributed by atoms with E-state index in [9.17, 15) is 5.11 Å². The van der Waals surface area contributed by atoms with Crippen LogP contribution in [0.1, 0.15) is 37.3 Å². The molecule has 0 aliphatic heterocycles. The van der Waals surface area contributed by atoms with E-state index in [1.54, 1.807) is 0 Å². The van der Waals surface area contributed by atoms with Gasteiger partial charge in [0.2, 0.25) is 0 Å². The van der Waals surface area contributed by atoms with Crippen LogP contribution in [-0.2, 0) is 17.6 Å². The summed E-state index contributed by atoms with van der Waals surface area (Å²) in [6, 6.07) is 8.56. The van der Waals surface area contributed by atoms with Crippen molar-refractivity contribution in [3.8, 4) is 0 Å². The highest BCUT2D eigenvalue weighted by Gasteiger charge is 2.57. The van der Waals surface area contributed by atoms with Gasteiger partial charge >= 0.3 is 0 Å². The molecule has 0 aromatic heterocycles.